The molecule has 0 radical (unpaired) electrons. The number of aryl methyl sites for hydroxylation is 1. The molecule has 1 atom stereocenters. The highest BCUT2D eigenvalue weighted by Gasteiger charge is 2.49. The molecule has 2 aromatic rings. The lowest BCUT2D eigenvalue weighted by Crippen LogP contribution is -2.44. The second kappa shape index (κ2) is 12.1. The fourth-order valence-electron chi connectivity index (χ4n) is 5.56. The number of hydrogen-bond acceptors (Lipinski definition) is 3. The van der Waals surface area contributed by atoms with E-state index in [1.165, 1.54) is 19.3 Å². The van der Waals surface area contributed by atoms with Gasteiger partial charge in [-0.15, -0.1) is 0 Å². The third kappa shape index (κ3) is 5.86. The summed E-state index contributed by atoms with van der Waals surface area (Å²) in [6.07, 6.45) is 13.4. The van der Waals surface area contributed by atoms with E-state index in [0.29, 0.717) is 5.70 Å². The molecule has 1 unspecified atom stereocenters. The van der Waals surface area contributed by atoms with Crippen molar-refractivity contribution in [2.45, 2.75) is 101 Å². The third-order valence-electron chi connectivity index (χ3n) is 7.53. The van der Waals surface area contributed by atoms with Crippen molar-refractivity contribution in [1.82, 2.24) is 9.21 Å². The molecular weight excluding hydrogens is 468 g/mol. The molecule has 5 nitrogen and oxygen atoms in total. The SMILES string of the molecule is CCCCCC1/C(=C/c2ccccc2)N(S(=O)(=O)c2ccc(C)cc2)C(=O)N1C1CCCCCCC1. The summed E-state index contributed by atoms with van der Waals surface area (Å²) < 4.78 is 29.2. The quantitative estimate of drug-likeness (QED) is 0.346. The summed E-state index contributed by atoms with van der Waals surface area (Å²) in [6, 6.07) is 16.0. The summed E-state index contributed by atoms with van der Waals surface area (Å²) >= 11 is 0. The average Bonchev–Trinajstić information content (AvgIpc) is 3.11. The summed E-state index contributed by atoms with van der Waals surface area (Å²) in [4.78, 5) is 16.3. The summed E-state index contributed by atoms with van der Waals surface area (Å²) in [6.45, 7) is 4.10. The lowest BCUT2D eigenvalue weighted by Gasteiger charge is -2.33. The minimum atomic E-state index is -4.05. The molecule has 1 heterocycles. The lowest BCUT2D eigenvalue weighted by molar-refractivity contribution is 0.153. The first kappa shape index (κ1) is 26.5. The summed E-state index contributed by atoms with van der Waals surface area (Å²) in [5.41, 5.74) is 2.48. The molecule has 6 heteroatoms. The van der Waals surface area contributed by atoms with Gasteiger partial charge in [-0.1, -0.05) is 106 Å². The van der Waals surface area contributed by atoms with E-state index in [-0.39, 0.29) is 23.0 Å². The Morgan fingerprint density at radius 3 is 2.17 bits per heavy atom. The number of benzene rings is 2. The smallest absolute Gasteiger partial charge is 0.312 e. The Balaban J connectivity index is 1.82. The number of rotatable bonds is 8. The van der Waals surface area contributed by atoms with Crippen LogP contribution in [0.15, 0.2) is 65.2 Å². The van der Waals surface area contributed by atoms with Crippen LogP contribution in [-0.4, -0.2) is 35.7 Å². The Morgan fingerprint density at radius 2 is 1.53 bits per heavy atom. The number of sulfonamides is 1. The largest absolute Gasteiger partial charge is 0.339 e. The Kier molecular flexibility index (Phi) is 8.89. The fourth-order valence-corrected chi connectivity index (χ4v) is 7.00. The predicted octanol–water partition coefficient (Wildman–Crippen LogP) is 7.52. The maximum atomic E-state index is 14.2. The number of amides is 2. The van der Waals surface area contributed by atoms with Gasteiger partial charge in [0.05, 0.1) is 16.6 Å². The molecule has 36 heavy (non-hydrogen) atoms. The molecule has 194 valence electrons. The van der Waals surface area contributed by atoms with Crippen molar-refractivity contribution in [3.05, 3.63) is 71.4 Å². The molecule has 2 aliphatic rings. The molecule has 2 amide bonds. The van der Waals surface area contributed by atoms with Crippen molar-refractivity contribution < 1.29 is 13.2 Å². The maximum Gasteiger partial charge on any atom is 0.339 e. The standard InChI is InChI=1S/C30H40N2O3S/c1-3-4-9-18-28-29(23-25-14-10-8-11-15-25)32(36(34,35)27-21-19-24(2)20-22-27)30(33)31(28)26-16-12-6-5-7-13-17-26/h8,10-11,14-15,19-23,26,28H,3-7,9,12-13,16-18H2,1-2H3/b29-23-. The second-order valence-corrected chi connectivity index (χ2v) is 12.0. The molecule has 0 aromatic heterocycles. The van der Waals surface area contributed by atoms with Gasteiger partial charge < -0.3 is 4.90 Å². The molecule has 2 aromatic carbocycles. The number of carbonyl (C=O) groups excluding carboxylic acids is 1. The van der Waals surface area contributed by atoms with Crippen LogP contribution >= 0.6 is 0 Å². The molecule has 0 N–H and O–H groups in total. The molecule has 1 saturated carbocycles. The van der Waals surface area contributed by atoms with Crippen LogP contribution in [-0.2, 0) is 10.0 Å². The van der Waals surface area contributed by atoms with E-state index in [1.54, 1.807) is 24.3 Å². The summed E-state index contributed by atoms with van der Waals surface area (Å²) in [7, 11) is -4.05. The van der Waals surface area contributed by atoms with Crippen LogP contribution in [0.4, 0.5) is 4.79 Å². The van der Waals surface area contributed by atoms with Gasteiger partial charge in [0, 0.05) is 6.04 Å². The van der Waals surface area contributed by atoms with Gasteiger partial charge in [-0.3, -0.25) is 0 Å². The first-order valence-corrected chi connectivity index (χ1v) is 15.1. The van der Waals surface area contributed by atoms with Crippen LogP contribution in [0.1, 0.15) is 88.7 Å². The molecule has 1 aliphatic carbocycles. The molecule has 0 bridgehead atoms. The highest BCUT2D eigenvalue weighted by molar-refractivity contribution is 7.89. The highest BCUT2D eigenvalue weighted by Crippen LogP contribution is 2.39. The molecular formula is C30H40N2O3S. The van der Waals surface area contributed by atoms with Gasteiger partial charge >= 0.3 is 6.03 Å². The van der Waals surface area contributed by atoms with Gasteiger partial charge in [-0.25, -0.2) is 13.2 Å². The van der Waals surface area contributed by atoms with Crippen LogP contribution in [0, 0.1) is 6.92 Å². The molecule has 4 rings (SSSR count). The minimum absolute atomic E-state index is 0.0711. The van der Waals surface area contributed by atoms with Crippen molar-refractivity contribution in [1.29, 1.82) is 0 Å². The van der Waals surface area contributed by atoms with Crippen LogP contribution < -0.4 is 0 Å². The zero-order valence-corrected chi connectivity index (χ0v) is 22.6. The van der Waals surface area contributed by atoms with E-state index in [2.05, 4.69) is 6.92 Å². The van der Waals surface area contributed by atoms with E-state index >= 15 is 0 Å². The molecule has 0 spiro atoms. The van der Waals surface area contributed by atoms with Crippen LogP contribution in [0.5, 0.6) is 0 Å². The normalized spacial score (nSPS) is 21.1. The third-order valence-corrected chi connectivity index (χ3v) is 9.24. The van der Waals surface area contributed by atoms with Gasteiger partial charge in [-0.05, 0) is 50.0 Å². The number of hydrogen-bond donors (Lipinski definition) is 0. The summed E-state index contributed by atoms with van der Waals surface area (Å²) in [5, 5.41) is 0. The Morgan fingerprint density at radius 1 is 0.889 bits per heavy atom. The van der Waals surface area contributed by atoms with Crippen LogP contribution in [0.25, 0.3) is 6.08 Å². The van der Waals surface area contributed by atoms with E-state index in [0.717, 1.165) is 66.8 Å². The Bertz CT molecular complexity index is 1130. The van der Waals surface area contributed by atoms with Gasteiger partial charge in [0.2, 0.25) is 0 Å². The van der Waals surface area contributed by atoms with Crippen LogP contribution in [0.2, 0.25) is 0 Å². The topological polar surface area (TPSA) is 57.7 Å². The first-order valence-electron chi connectivity index (χ1n) is 13.6. The fraction of sp³-hybridized carbons (Fsp3) is 0.500. The van der Waals surface area contributed by atoms with Gasteiger partial charge in [0.25, 0.3) is 10.0 Å². The van der Waals surface area contributed by atoms with Gasteiger partial charge in [-0.2, -0.15) is 4.31 Å². The van der Waals surface area contributed by atoms with Crippen LogP contribution in [0.3, 0.4) is 0 Å². The molecule has 1 saturated heterocycles. The highest BCUT2D eigenvalue weighted by atomic mass is 32.2. The van der Waals surface area contributed by atoms with E-state index in [9.17, 15) is 13.2 Å². The number of urea groups is 1. The average molecular weight is 509 g/mol. The van der Waals surface area contributed by atoms with E-state index < -0.39 is 10.0 Å². The van der Waals surface area contributed by atoms with Crippen molar-refractivity contribution in [3.63, 3.8) is 0 Å². The van der Waals surface area contributed by atoms with Crippen molar-refractivity contribution in [2.75, 3.05) is 0 Å². The first-order chi connectivity index (χ1) is 17.4. The number of nitrogens with zero attached hydrogens (tertiary/aromatic N) is 2. The Hall–Kier alpha value is -2.60. The zero-order chi connectivity index (χ0) is 25.5. The minimum Gasteiger partial charge on any atom is -0.312 e. The predicted molar refractivity (Wildman–Crippen MR) is 146 cm³/mol. The van der Waals surface area contributed by atoms with E-state index in [1.807, 2.05) is 48.2 Å². The number of unbranched alkanes of at least 4 members (excludes halogenated alkanes) is 2. The van der Waals surface area contributed by atoms with Crippen molar-refractivity contribution in [3.8, 4) is 0 Å². The Labute approximate surface area is 217 Å². The van der Waals surface area contributed by atoms with E-state index in [4.69, 9.17) is 0 Å². The van der Waals surface area contributed by atoms with Gasteiger partial charge in [0.15, 0.2) is 0 Å². The maximum absolute atomic E-state index is 14.2. The van der Waals surface area contributed by atoms with Gasteiger partial charge in [0.1, 0.15) is 0 Å². The van der Waals surface area contributed by atoms with Crippen molar-refractivity contribution in [2.24, 2.45) is 0 Å². The molecule has 2 fully saturated rings. The lowest BCUT2D eigenvalue weighted by atomic mass is 9.93. The molecule has 1 aliphatic heterocycles. The monoisotopic (exact) mass is 508 g/mol. The second-order valence-electron chi connectivity index (χ2n) is 10.3. The zero-order valence-electron chi connectivity index (χ0n) is 21.7. The number of carbonyl (C=O) groups is 1. The summed E-state index contributed by atoms with van der Waals surface area (Å²) in [5.74, 6) is 0. The van der Waals surface area contributed by atoms with Crippen molar-refractivity contribution >= 4 is 22.1 Å².